The quantitative estimate of drug-likeness (QED) is 0.394. The van der Waals surface area contributed by atoms with Gasteiger partial charge in [0.05, 0.1) is 11.3 Å². The number of nitrogens with zero attached hydrogens (tertiary/aromatic N) is 3. The minimum atomic E-state index is -3.31. The van der Waals surface area contributed by atoms with Crippen LogP contribution in [0.2, 0.25) is 0 Å². The maximum absolute atomic E-state index is 14.0. The third-order valence-electron chi connectivity index (χ3n) is 5.99. The van der Waals surface area contributed by atoms with Crippen LogP contribution in [0.1, 0.15) is 34.5 Å². The number of benzene rings is 1. The van der Waals surface area contributed by atoms with Crippen LogP contribution in [-0.2, 0) is 10.0 Å². The molecule has 0 radical (unpaired) electrons. The van der Waals surface area contributed by atoms with Crippen molar-refractivity contribution in [2.45, 2.75) is 25.3 Å². The fourth-order valence-corrected chi connectivity index (χ4v) is 6.57. The molecule has 1 aromatic heterocycles. The van der Waals surface area contributed by atoms with Crippen molar-refractivity contribution in [3.8, 4) is 0 Å². The summed E-state index contributed by atoms with van der Waals surface area (Å²) in [5, 5.41) is 3.54. The van der Waals surface area contributed by atoms with E-state index in [4.69, 9.17) is 5.73 Å². The van der Waals surface area contributed by atoms with Gasteiger partial charge in [0.25, 0.3) is 0 Å². The second-order valence-electron chi connectivity index (χ2n) is 8.38. The lowest BCUT2D eigenvalue weighted by Crippen LogP contribution is -2.43. The molecule has 0 unspecified atom stereocenters. The SMILES string of the molecule is Nc1nc(NC2CCN(S(=O)(=O)CCCN3CC=CC3)CC2)sc1C(=O)c1c(F)cccc1F. The van der Waals surface area contributed by atoms with E-state index in [-0.39, 0.29) is 22.5 Å². The second kappa shape index (κ2) is 10.5. The zero-order valence-corrected chi connectivity index (χ0v) is 20.2. The highest BCUT2D eigenvalue weighted by Gasteiger charge is 2.29. The number of hydrogen-bond donors (Lipinski definition) is 2. The molecule has 2 aliphatic rings. The first-order chi connectivity index (χ1) is 16.2. The summed E-state index contributed by atoms with van der Waals surface area (Å²) >= 11 is 0.931. The minimum Gasteiger partial charge on any atom is -0.382 e. The lowest BCUT2D eigenvalue weighted by Gasteiger charge is -2.31. The molecule has 3 heterocycles. The lowest BCUT2D eigenvalue weighted by atomic mass is 10.1. The minimum absolute atomic E-state index is 0.0419. The van der Waals surface area contributed by atoms with E-state index in [9.17, 15) is 22.0 Å². The zero-order valence-electron chi connectivity index (χ0n) is 18.5. The van der Waals surface area contributed by atoms with Crippen molar-refractivity contribution in [2.24, 2.45) is 0 Å². The van der Waals surface area contributed by atoms with Gasteiger partial charge < -0.3 is 11.1 Å². The van der Waals surface area contributed by atoms with Gasteiger partial charge in [0, 0.05) is 32.2 Å². The number of nitrogens with one attached hydrogen (secondary N) is 1. The largest absolute Gasteiger partial charge is 0.382 e. The standard InChI is InChI=1S/C22H27F2N5O3S2/c23-16-5-3-6-17(24)18(16)19(30)20-21(25)27-22(33-20)26-15-7-12-29(13-8-15)34(31,32)14-4-11-28-9-1-2-10-28/h1-3,5-6,15H,4,7-14,25H2,(H,26,27). The average molecular weight is 512 g/mol. The van der Waals surface area contributed by atoms with E-state index in [1.54, 1.807) is 0 Å². The van der Waals surface area contributed by atoms with Crippen molar-refractivity contribution < 1.29 is 22.0 Å². The number of hydrogen-bond acceptors (Lipinski definition) is 8. The number of anilines is 2. The van der Waals surface area contributed by atoms with Crippen molar-refractivity contribution in [3.05, 3.63) is 52.4 Å². The first-order valence-electron chi connectivity index (χ1n) is 11.1. The Labute approximate surface area is 201 Å². The molecule has 2 aromatic rings. The number of carbonyl (C=O) groups is 1. The molecule has 0 saturated carbocycles. The summed E-state index contributed by atoms with van der Waals surface area (Å²) in [6.07, 6.45) is 5.90. The van der Waals surface area contributed by atoms with Gasteiger partial charge in [0.1, 0.15) is 22.3 Å². The highest BCUT2D eigenvalue weighted by atomic mass is 32.2. The molecule has 0 atom stereocenters. The maximum atomic E-state index is 14.0. The predicted octanol–water partition coefficient (Wildman–Crippen LogP) is 2.70. The normalized spacial score (nSPS) is 17.9. The number of nitrogens with two attached hydrogens (primary N) is 1. The van der Waals surface area contributed by atoms with Crippen LogP contribution in [0.15, 0.2) is 30.4 Å². The van der Waals surface area contributed by atoms with Crippen molar-refractivity contribution in [1.82, 2.24) is 14.2 Å². The van der Waals surface area contributed by atoms with Crippen molar-refractivity contribution in [2.75, 3.05) is 49.5 Å². The Hall–Kier alpha value is -2.41. The molecular formula is C22H27F2N5O3S2. The van der Waals surface area contributed by atoms with Gasteiger partial charge in [-0.3, -0.25) is 9.69 Å². The van der Waals surface area contributed by atoms with Crippen LogP contribution in [0.3, 0.4) is 0 Å². The van der Waals surface area contributed by atoms with E-state index in [0.717, 1.165) is 43.1 Å². The maximum Gasteiger partial charge on any atom is 0.214 e. The molecule has 0 spiro atoms. The predicted molar refractivity (Wildman–Crippen MR) is 129 cm³/mol. The molecule has 0 aliphatic carbocycles. The summed E-state index contributed by atoms with van der Waals surface area (Å²) in [6.45, 7) is 3.28. The summed E-state index contributed by atoms with van der Waals surface area (Å²) in [7, 11) is -3.31. The van der Waals surface area contributed by atoms with Crippen molar-refractivity contribution in [1.29, 1.82) is 0 Å². The number of sulfonamides is 1. The van der Waals surface area contributed by atoms with Crippen LogP contribution in [0.4, 0.5) is 19.7 Å². The zero-order chi connectivity index (χ0) is 24.3. The van der Waals surface area contributed by atoms with Crippen LogP contribution in [-0.4, -0.2) is 72.9 Å². The van der Waals surface area contributed by atoms with Gasteiger partial charge in [0.15, 0.2) is 5.13 Å². The van der Waals surface area contributed by atoms with Gasteiger partial charge in [-0.25, -0.2) is 26.5 Å². The molecule has 184 valence electrons. The smallest absolute Gasteiger partial charge is 0.214 e. The molecule has 1 saturated heterocycles. The van der Waals surface area contributed by atoms with E-state index in [2.05, 4.69) is 27.4 Å². The number of carbonyl (C=O) groups excluding carboxylic acids is 1. The molecule has 12 heteroatoms. The van der Waals surface area contributed by atoms with E-state index in [1.165, 1.54) is 10.4 Å². The number of ketones is 1. The Balaban J connectivity index is 1.31. The van der Waals surface area contributed by atoms with Gasteiger partial charge in [-0.1, -0.05) is 29.6 Å². The van der Waals surface area contributed by atoms with Gasteiger partial charge in [0.2, 0.25) is 15.8 Å². The highest BCUT2D eigenvalue weighted by molar-refractivity contribution is 7.89. The highest BCUT2D eigenvalue weighted by Crippen LogP contribution is 2.30. The summed E-state index contributed by atoms with van der Waals surface area (Å²) in [6, 6.07) is 3.15. The molecule has 3 N–H and O–H groups in total. The molecule has 0 amide bonds. The average Bonchev–Trinajstić information content (AvgIpc) is 3.43. The van der Waals surface area contributed by atoms with Crippen molar-refractivity contribution in [3.63, 3.8) is 0 Å². The molecule has 8 nitrogen and oxygen atoms in total. The number of thiazole rings is 1. The lowest BCUT2D eigenvalue weighted by molar-refractivity contribution is 0.103. The molecule has 4 rings (SSSR count). The fraction of sp³-hybridized carbons (Fsp3) is 0.455. The Kier molecular flexibility index (Phi) is 7.60. The summed E-state index contributed by atoms with van der Waals surface area (Å²) < 4.78 is 54.9. The molecule has 34 heavy (non-hydrogen) atoms. The molecular weight excluding hydrogens is 484 g/mol. The van der Waals surface area contributed by atoms with Crippen LogP contribution in [0.5, 0.6) is 0 Å². The van der Waals surface area contributed by atoms with Crippen molar-refractivity contribution >= 4 is 38.1 Å². The first-order valence-corrected chi connectivity index (χ1v) is 13.5. The monoisotopic (exact) mass is 511 g/mol. The number of nitrogen functional groups attached to an aromatic ring is 1. The van der Waals surface area contributed by atoms with E-state index >= 15 is 0 Å². The summed E-state index contributed by atoms with van der Waals surface area (Å²) in [4.78, 5) is 18.9. The molecule has 1 aromatic carbocycles. The van der Waals surface area contributed by atoms with Gasteiger partial charge >= 0.3 is 0 Å². The Morgan fingerprint density at radius 1 is 1.18 bits per heavy atom. The third kappa shape index (κ3) is 5.62. The Bertz CT molecular complexity index is 1150. The van der Waals surface area contributed by atoms with Crippen LogP contribution < -0.4 is 11.1 Å². The number of piperidine rings is 1. The molecule has 0 bridgehead atoms. The van der Waals surface area contributed by atoms with Crippen LogP contribution in [0.25, 0.3) is 0 Å². The van der Waals surface area contributed by atoms with Gasteiger partial charge in [-0.15, -0.1) is 0 Å². The summed E-state index contributed by atoms with van der Waals surface area (Å²) in [5.41, 5.74) is 5.19. The van der Waals surface area contributed by atoms with Crippen LogP contribution >= 0.6 is 11.3 Å². The number of aromatic nitrogens is 1. The van der Waals surface area contributed by atoms with E-state index in [0.29, 0.717) is 37.5 Å². The molecule has 1 fully saturated rings. The fourth-order valence-electron chi connectivity index (χ4n) is 4.14. The Morgan fingerprint density at radius 2 is 1.82 bits per heavy atom. The number of rotatable bonds is 9. The van der Waals surface area contributed by atoms with Gasteiger partial charge in [-0.05, 0) is 37.9 Å². The van der Waals surface area contributed by atoms with E-state index < -0.39 is 33.0 Å². The van der Waals surface area contributed by atoms with Crippen LogP contribution in [0, 0.1) is 11.6 Å². The third-order valence-corrected chi connectivity index (χ3v) is 8.95. The topological polar surface area (TPSA) is 109 Å². The Morgan fingerprint density at radius 3 is 2.47 bits per heavy atom. The van der Waals surface area contributed by atoms with Gasteiger partial charge in [-0.2, -0.15) is 0 Å². The molecule has 2 aliphatic heterocycles. The summed E-state index contributed by atoms with van der Waals surface area (Å²) in [5.74, 6) is -2.75. The van der Waals surface area contributed by atoms with E-state index in [1.807, 2.05) is 0 Å². The first kappa shape index (κ1) is 24.7. The second-order valence-corrected chi connectivity index (χ2v) is 11.5. The number of halogens is 2.